The number of phenolic OH excluding ortho intramolecular Hbond substituents is 1. The lowest BCUT2D eigenvalue weighted by Gasteiger charge is -2.08. The van der Waals surface area contributed by atoms with Crippen molar-refractivity contribution >= 4 is 16.8 Å². The van der Waals surface area contributed by atoms with E-state index in [9.17, 15) is 9.90 Å². The van der Waals surface area contributed by atoms with Crippen LogP contribution in [0.4, 0.5) is 0 Å². The van der Waals surface area contributed by atoms with E-state index in [-0.39, 0.29) is 18.1 Å². The van der Waals surface area contributed by atoms with E-state index in [2.05, 4.69) is 26.3 Å². The number of carbonyl (C=O) groups excluding carboxylic acids is 1. The average Bonchev–Trinajstić information content (AvgIpc) is 3.20. The lowest BCUT2D eigenvalue weighted by molar-refractivity contribution is -0.120. The number of rotatable bonds is 19. The maximum atomic E-state index is 12.2. The fraction of sp³-hybridized carbons (Fsp3) is 0.625. The minimum absolute atomic E-state index is 0.00822. The zero-order valence-corrected chi connectivity index (χ0v) is 19.3. The minimum Gasteiger partial charge on any atom is -0.507 e. The van der Waals surface area contributed by atoms with Crippen LogP contribution in [-0.4, -0.2) is 68.4 Å². The highest BCUT2D eigenvalue weighted by atomic mass is 16.3. The minimum atomic E-state index is -0.00822. The van der Waals surface area contributed by atoms with Crippen LogP contribution in [0, 0.1) is 0 Å². The van der Waals surface area contributed by atoms with Crippen LogP contribution < -0.4 is 27.0 Å². The molecule has 0 aliphatic heterocycles. The molecule has 0 bridgehead atoms. The second-order valence-corrected chi connectivity index (χ2v) is 8.20. The van der Waals surface area contributed by atoms with E-state index in [1.165, 1.54) is 0 Å². The summed E-state index contributed by atoms with van der Waals surface area (Å²) < 4.78 is 0. The van der Waals surface area contributed by atoms with Crippen molar-refractivity contribution in [3.05, 3.63) is 30.0 Å². The van der Waals surface area contributed by atoms with Crippen LogP contribution in [0.3, 0.4) is 0 Å². The molecule has 0 saturated carbocycles. The van der Waals surface area contributed by atoms with Gasteiger partial charge in [0.1, 0.15) is 5.75 Å². The topological polar surface area (TPSA) is 127 Å². The number of carbonyl (C=O) groups is 1. The lowest BCUT2D eigenvalue weighted by Crippen LogP contribution is -2.27. The van der Waals surface area contributed by atoms with Gasteiger partial charge in [-0.3, -0.25) is 4.79 Å². The summed E-state index contributed by atoms with van der Waals surface area (Å²) in [4.78, 5) is 15.3. The number of hydrogen-bond acceptors (Lipinski definition) is 6. The van der Waals surface area contributed by atoms with Crippen molar-refractivity contribution in [3.63, 3.8) is 0 Å². The molecule has 0 atom stereocenters. The second kappa shape index (κ2) is 16.5. The van der Waals surface area contributed by atoms with Gasteiger partial charge in [0.2, 0.25) is 5.91 Å². The zero-order valence-electron chi connectivity index (χ0n) is 19.3. The number of aromatic hydroxyl groups is 1. The molecule has 1 aromatic carbocycles. The molecule has 32 heavy (non-hydrogen) atoms. The molecule has 1 amide bonds. The molecule has 0 radical (unpaired) electrons. The van der Waals surface area contributed by atoms with Gasteiger partial charge in [-0.1, -0.05) is 12.5 Å². The number of aromatic amines is 1. The summed E-state index contributed by atoms with van der Waals surface area (Å²) in [5.41, 5.74) is 7.13. The van der Waals surface area contributed by atoms with E-state index >= 15 is 0 Å². The lowest BCUT2D eigenvalue weighted by atomic mass is 10.1. The highest BCUT2D eigenvalue weighted by Gasteiger charge is 2.11. The van der Waals surface area contributed by atoms with Gasteiger partial charge in [-0.15, -0.1) is 0 Å². The number of phenols is 1. The monoisotopic (exact) mass is 446 g/mol. The number of unbranched alkanes of at least 4 members (excludes halogenated alkanes) is 2. The summed E-state index contributed by atoms with van der Waals surface area (Å²) in [5.74, 6) is 0.201. The number of benzene rings is 1. The summed E-state index contributed by atoms with van der Waals surface area (Å²) in [7, 11) is 0. The molecule has 1 aromatic heterocycles. The number of nitrogens with two attached hydrogens (primary N) is 1. The Labute approximate surface area is 192 Å². The van der Waals surface area contributed by atoms with E-state index in [0.29, 0.717) is 6.54 Å². The van der Waals surface area contributed by atoms with Gasteiger partial charge in [-0.25, -0.2) is 0 Å². The Morgan fingerprint density at radius 3 is 2.16 bits per heavy atom. The third-order valence-corrected chi connectivity index (χ3v) is 5.44. The van der Waals surface area contributed by atoms with Gasteiger partial charge in [-0.2, -0.15) is 0 Å². The van der Waals surface area contributed by atoms with E-state index < -0.39 is 0 Å². The number of amides is 1. The number of fused-ring (bicyclic) bond motifs is 1. The largest absolute Gasteiger partial charge is 0.507 e. The summed E-state index contributed by atoms with van der Waals surface area (Å²) in [6, 6.07) is 5.33. The van der Waals surface area contributed by atoms with Crippen LogP contribution in [-0.2, 0) is 11.2 Å². The van der Waals surface area contributed by atoms with Gasteiger partial charge in [0.15, 0.2) is 0 Å². The van der Waals surface area contributed by atoms with E-state index in [1.807, 2.05) is 6.07 Å². The SMILES string of the molecule is NCCCNCCCNCCCNCCCCCNC(=O)Cc1c[nH]c2cccc(O)c12. The fourth-order valence-electron chi connectivity index (χ4n) is 3.67. The van der Waals surface area contributed by atoms with Crippen molar-refractivity contribution in [3.8, 4) is 5.75 Å². The van der Waals surface area contributed by atoms with Crippen LogP contribution in [0.15, 0.2) is 24.4 Å². The predicted octanol–water partition coefficient (Wildman–Crippen LogP) is 1.60. The first-order chi connectivity index (χ1) is 15.7. The van der Waals surface area contributed by atoms with Crippen LogP contribution in [0.1, 0.15) is 44.1 Å². The normalized spacial score (nSPS) is 11.3. The molecule has 8 nitrogen and oxygen atoms in total. The Bertz CT molecular complexity index is 764. The average molecular weight is 447 g/mol. The van der Waals surface area contributed by atoms with Crippen molar-refractivity contribution in [1.82, 2.24) is 26.3 Å². The van der Waals surface area contributed by atoms with Crippen LogP contribution in [0.25, 0.3) is 10.9 Å². The smallest absolute Gasteiger partial charge is 0.224 e. The Morgan fingerprint density at radius 1 is 0.844 bits per heavy atom. The Balaban J connectivity index is 1.37. The molecule has 0 aliphatic rings. The Hall–Kier alpha value is -2.13. The first-order valence-corrected chi connectivity index (χ1v) is 12.1. The third kappa shape index (κ3) is 10.5. The number of H-pyrrole nitrogens is 1. The van der Waals surface area contributed by atoms with Crippen LogP contribution >= 0.6 is 0 Å². The van der Waals surface area contributed by atoms with Crippen molar-refractivity contribution in [2.24, 2.45) is 5.73 Å². The molecule has 8 N–H and O–H groups in total. The zero-order chi connectivity index (χ0) is 22.9. The van der Waals surface area contributed by atoms with Crippen molar-refractivity contribution < 1.29 is 9.90 Å². The molecule has 8 heteroatoms. The molecule has 2 aromatic rings. The van der Waals surface area contributed by atoms with Gasteiger partial charge < -0.3 is 37.1 Å². The van der Waals surface area contributed by atoms with Crippen molar-refractivity contribution in [2.75, 3.05) is 52.4 Å². The van der Waals surface area contributed by atoms with E-state index in [1.54, 1.807) is 18.3 Å². The van der Waals surface area contributed by atoms with Crippen molar-refractivity contribution in [1.29, 1.82) is 0 Å². The highest BCUT2D eigenvalue weighted by Crippen LogP contribution is 2.27. The number of aromatic nitrogens is 1. The number of nitrogens with one attached hydrogen (secondary N) is 5. The maximum absolute atomic E-state index is 12.2. The molecule has 0 fully saturated rings. The molecule has 1 heterocycles. The Kier molecular flexibility index (Phi) is 13.5. The molecule has 180 valence electrons. The molecule has 0 spiro atoms. The molecule has 0 unspecified atom stereocenters. The summed E-state index contributed by atoms with van der Waals surface area (Å²) in [6.45, 7) is 7.69. The van der Waals surface area contributed by atoms with Gasteiger partial charge in [0, 0.05) is 23.6 Å². The molecule has 0 aliphatic carbocycles. The standard InChI is InChI=1S/C24H42N6O2/c25-10-5-12-27-14-7-16-28-15-6-13-26-11-2-1-3-17-29-23(32)18-20-19-30-21-8-4-9-22(31)24(20)21/h4,8-9,19,26-28,30-31H,1-3,5-7,10-18,25H2,(H,29,32). The van der Waals surface area contributed by atoms with Gasteiger partial charge in [-0.05, 0) is 95.6 Å². The summed E-state index contributed by atoms with van der Waals surface area (Å²) in [5, 5.41) is 24.1. The fourth-order valence-corrected chi connectivity index (χ4v) is 3.67. The molecule has 0 saturated heterocycles. The molecular formula is C24H42N6O2. The second-order valence-electron chi connectivity index (χ2n) is 8.20. The maximum Gasteiger partial charge on any atom is 0.224 e. The summed E-state index contributed by atoms with van der Waals surface area (Å²) in [6.07, 6.45) is 8.60. The first-order valence-electron chi connectivity index (χ1n) is 12.1. The van der Waals surface area contributed by atoms with Crippen LogP contribution in [0.2, 0.25) is 0 Å². The molecular weight excluding hydrogens is 404 g/mol. The first kappa shape index (κ1) is 26.1. The van der Waals surface area contributed by atoms with Crippen molar-refractivity contribution in [2.45, 2.75) is 44.9 Å². The van der Waals surface area contributed by atoms with E-state index in [4.69, 9.17) is 5.73 Å². The quantitative estimate of drug-likeness (QED) is 0.164. The summed E-state index contributed by atoms with van der Waals surface area (Å²) >= 11 is 0. The third-order valence-electron chi connectivity index (χ3n) is 5.44. The predicted molar refractivity (Wildman–Crippen MR) is 132 cm³/mol. The highest BCUT2D eigenvalue weighted by molar-refractivity contribution is 5.92. The van der Waals surface area contributed by atoms with Crippen LogP contribution in [0.5, 0.6) is 5.75 Å². The number of hydrogen-bond donors (Lipinski definition) is 7. The van der Waals surface area contributed by atoms with Gasteiger partial charge in [0.25, 0.3) is 0 Å². The van der Waals surface area contributed by atoms with Gasteiger partial charge in [0.05, 0.1) is 6.42 Å². The van der Waals surface area contributed by atoms with E-state index in [0.717, 1.165) is 101 Å². The molecule has 2 rings (SSSR count). The van der Waals surface area contributed by atoms with Gasteiger partial charge >= 0.3 is 0 Å². The Morgan fingerprint density at radius 2 is 1.47 bits per heavy atom.